The molecule has 13 heavy (non-hydrogen) atoms. The van der Waals surface area contributed by atoms with E-state index in [0.717, 1.165) is 0 Å². The van der Waals surface area contributed by atoms with Gasteiger partial charge in [0.1, 0.15) is 0 Å². The number of hydrogen-bond donors (Lipinski definition) is 0. The van der Waals surface area contributed by atoms with Crippen LogP contribution >= 0.6 is 0 Å². The fourth-order valence-corrected chi connectivity index (χ4v) is 0.410. The third-order valence-electron chi connectivity index (χ3n) is 0.980. The van der Waals surface area contributed by atoms with E-state index in [1.54, 1.807) is 7.11 Å². The predicted octanol–water partition coefficient (Wildman–Crippen LogP) is 1.48. The van der Waals surface area contributed by atoms with Crippen LogP contribution in [0.1, 0.15) is 19.8 Å². The van der Waals surface area contributed by atoms with Crippen molar-refractivity contribution in [2.24, 2.45) is 0 Å². The first-order valence-electron chi connectivity index (χ1n) is 4.14. The zero-order valence-electron chi connectivity index (χ0n) is 8.25. The van der Waals surface area contributed by atoms with Crippen LogP contribution in [0, 0.1) is 22.7 Å². The van der Waals surface area contributed by atoms with Crippen LogP contribution in [0.4, 0.5) is 0 Å². The summed E-state index contributed by atoms with van der Waals surface area (Å²) in [4.78, 5) is 0. The molecular formula is C9H16N2O2. The Hall–Kier alpha value is -1.10. The topological polar surface area (TPSA) is 66.0 Å². The molecular weight excluding hydrogens is 168 g/mol. The van der Waals surface area contributed by atoms with E-state index in [1.165, 1.54) is 0 Å². The van der Waals surface area contributed by atoms with E-state index in [9.17, 15) is 0 Å². The van der Waals surface area contributed by atoms with Gasteiger partial charge in [-0.15, -0.1) is 0 Å². The normalized spacial score (nSPS) is 7.69. The minimum atomic E-state index is 0.497. The van der Waals surface area contributed by atoms with Crippen LogP contribution in [0.15, 0.2) is 0 Å². The summed E-state index contributed by atoms with van der Waals surface area (Å²) in [5.74, 6) is 0. The van der Waals surface area contributed by atoms with Crippen molar-refractivity contribution in [1.82, 2.24) is 0 Å². The minimum Gasteiger partial charge on any atom is -0.384 e. The molecule has 0 aromatic heterocycles. The second-order valence-electron chi connectivity index (χ2n) is 2.01. The Balaban J connectivity index is 0. The van der Waals surface area contributed by atoms with Crippen molar-refractivity contribution in [3.8, 4) is 12.1 Å². The summed E-state index contributed by atoms with van der Waals surface area (Å²) in [5.41, 5.74) is 0. The molecule has 0 aliphatic rings. The molecule has 0 unspecified atom stereocenters. The summed E-state index contributed by atoms with van der Waals surface area (Å²) in [6.45, 7) is 3.75. The number of rotatable bonds is 5. The molecule has 0 aromatic carbocycles. The highest BCUT2D eigenvalue weighted by molar-refractivity contribution is 4.67. The van der Waals surface area contributed by atoms with Gasteiger partial charge in [0.05, 0.1) is 38.2 Å². The van der Waals surface area contributed by atoms with Gasteiger partial charge in [-0.1, -0.05) is 0 Å². The molecule has 0 N–H and O–H groups in total. The SMILES string of the molecule is CCOCCC#N.COCCC#N. The standard InChI is InChI=1S/C5H9NO.C4H7NO/c1-2-7-5-3-4-6;1-6-4-2-3-5/h2-3,5H2,1H3;2,4H2,1H3. The van der Waals surface area contributed by atoms with Gasteiger partial charge in [0, 0.05) is 13.7 Å². The van der Waals surface area contributed by atoms with Gasteiger partial charge in [0.25, 0.3) is 0 Å². The Bertz CT molecular complexity index is 158. The second-order valence-corrected chi connectivity index (χ2v) is 2.01. The summed E-state index contributed by atoms with van der Waals surface area (Å²) in [5, 5.41) is 15.8. The molecule has 0 aromatic rings. The van der Waals surface area contributed by atoms with Crippen molar-refractivity contribution in [3.63, 3.8) is 0 Å². The third-order valence-corrected chi connectivity index (χ3v) is 0.980. The van der Waals surface area contributed by atoms with E-state index in [1.807, 2.05) is 19.1 Å². The summed E-state index contributed by atoms with van der Waals surface area (Å²) in [6, 6.07) is 3.92. The molecule has 0 rings (SSSR count). The highest BCUT2D eigenvalue weighted by Crippen LogP contribution is 1.76. The molecule has 0 aliphatic carbocycles. The first kappa shape index (κ1) is 14.4. The lowest BCUT2D eigenvalue weighted by molar-refractivity contribution is 0.153. The average Bonchev–Trinajstić information content (AvgIpc) is 2.17. The maximum absolute atomic E-state index is 7.96. The van der Waals surface area contributed by atoms with Crippen molar-refractivity contribution < 1.29 is 9.47 Å². The average molecular weight is 184 g/mol. The van der Waals surface area contributed by atoms with Crippen LogP contribution in [-0.2, 0) is 9.47 Å². The quantitative estimate of drug-likeness (QED) is 0.607. The van der Waals surface area contributed by atoms with Crippen molar-refractivity contribution in [2.75, 3.05) is 26.9 Å². The van der Waals surface area contributed by atoms with E-state index in [2.05, 4.69) is 4.74 Å². The molecule has 0 bridgehead atoms. The van der Waals surface area contributed by atoms with Gasteiger partial charge in [-0.05, 0) is 6.92 Å². The maximum Gasteiger partial charge on any atom is 0.0645 e. The highest BCUT2D eigenvalue weighted by atomic mass is 16.5. The van der Waals surface area contributed by atoms with E-state index < -0.39 is 0 Å². The van der Waals surface area contributed by atoms with Gasteiger partial charge in [0.15, 0.2) is 0 Å². The molecule has 0 spiro atoms. The number of nitriles is 2. The fourth-order valence-electron chi connectivity index (χ4n) is 0.410. The molecule has 0 radical (unpaired) electrons. The first-order chi connectivity index (χ1) is 6.33. The first-order valence-corrected chi connectivity index (χ1v) is 4.14. The summed E-state index contributed by atoms with van der Waals surface area (Å²) < 4.78 is 9.41. The number of nitrogens with zero attached hydrogens (tertiary/aromatic N) is 2. The Morgan fingerprint density at radius 3 is 1.92 bits per heavy atom. The van der Waals surface area contributed by atoms with Crippen molar-refractivity contribution in [2.45, 2.75) is 19.8 Å². The van der Waals surface area contributed by atoms with Gasteiger partial charge in [-0.2, -0.15) is 10.5 Å². The number of hydrogen-bond acceptors (Lipinski definition) is 4. The summed E-state index contributed by atoms with van der Waals surface area (Å²) >= 11 is 0. The van der Waals surface area contributed by atoms with Crippen LogP contribution < -0.4 is 0 Å². The molecule has 0 atom stereocenters. The molecule has 0 saturated heterocycles. The van der Waals surface area contributed by atoms with Gasteiger partial charge in [-0.25, -0.2) is 0 Å². The molecule has 0 saturated carbocycles. The maximum atomic E-state index is 7.96. The summed E-state index contributed by atoms with van der Waals surface area (Å²) in [6.07, 6.45) is 1.00. The Morgan fingerprint density at radius 2 is 1.62 bits per heavy atom. The third kappa shape index (κ3) is 24.8. The molecule has 0 amide bonds. The molecule has 0 aliphatic heterocycles. The lowest BCUT2D eigenvalue weighted by Crippen LogP contribution is -1.89. The Labute approximate surface area is 79.7 Å². The van der Waals surface area contributed by atoms with E-state index in [-0.39, 0.29) is 0 Å². The zero-order valence-corrected chi connectivity index (χ0v) is 8.25. The molecule has 0 heterocycles. The van der Waals surface area contributed by atoms with E-state index in [0.29, 0.717) is 32.7 Å². The Kier molecular flexibility index (Phi) is 19.0. The van der Waals surface area contributed by atoms with Crippen LogP contribution in [0.25, 0.3) is 0 Å². The Morgan fingerprint density at radius 1 is 1.08 bits per heavy atom. The van der Waals surface area contributed by atoms with Crippen LogP contribution in [0.5, 0.6) is 0 Å². The van der Waals surface area contributed by atoms with Crippen molar-refractivity contribution in [1.29, 1.82) is 10.5 Å². The van der Waals surface area contributed by atoms with Crippen LogP contribution in [0.3, 0.4) is 0 Å². The minimum absolute atomic E-state index is 0.497. The fraction of sp³-hybridized carbons (Fsp3) is 0.778. The van der Waals surface area contributed by atoms with Crippen molar-refractivity contribution >= 4 is 0 Å². The monoisotopic (exact) mass is 184 g/mol. The summed E-state index contributed by atoms with van der Waals surface area (Å²) in [7, 11) is 1.58. The molecule has 0 fully saturated rings. The lowest BCUT2D eigenvalue weighted by Gasteiger charge is -1.90. The van der Waals surface area contributed by atoms with E-state index in [4.69, 9.17) is 15.3 Å². The second kappa shape index (κ2) is 17.1. The smallest absolute Gasteiger partial charge is 0.0645 e. The predicted molar refractivity (Wildman–Crippen MR) is 48.8 cm³/mol. The zero-order chi connectivity index (χ0) is 10.4. The van der Waals surface area contributed by atoms with Crippen molar-refractivity contribution in [3.05, 3.63) is 0 Å². The largest absolute Gasteiger partial charge is 0.384 e. The van der Waals surface area contributed by atoms with Gasteiger partial charge in [-0.3, -0.25) is 0 Å². The highest BCUT2D eigenvalue weighted by Gasteiger charge is 1.77. The molecule has 4 heteroatoms. The van der Waals surface area contributed by atoms with Gasteiger partial charge in [0.2, 0.25) is 0 Å². The van der Waals surface area contributed by atoms with Gasteiger partial charge < -0.3 is 9.47 Å². The molecule has 4 nitrogen and oxygen atoms in total. The lowest BCUT2D eigenvalue weighted by atomic mass is 10.5. The van der Waals surface area contributed by atoms with Gasteiger partial charge >= 0.3 is 0 Å². The van der Waals surface area contributed by atoms with Crippen LogP contribution in [-0.4, -0.2) is 26.9 Å². The van der Waals surface area contributed by atoms with E-state index >= 15 is 0 Å². The number of methoxy groups -OCH3 is 1. The number of ether oxygens (including phenoxy) is 2. The van der Waals surface area contributed by atoms with Crippen LogP contribution in [0.2, 0.25) is 0 Å². The molecule has 74 valence electrons.